The van der Waals surface area contributed by atoms with Gasteiger partial charge < -0.3 is 19.9 Å². The molecule has 0 saturated carbocycles. The molecule has 0 saturated heterocycles. The maximum Gasteiger partial charge on any atom is 0.411 e. The Morgan fingerprint density at radius 2 is 2.12 bits per heavy atom. The van der Waals surface area contributed by atoms with E-state index < -0.39 is 31.3 Å². The fourth-order valence-corrected chi connectivity index (χ4v) is 1.08. The van der Waals surface area contributed by atoms with E-state index in [9.17, 15) is 18.0 Å². The molecule has 0 bridgehead atoms. The normalized spacial score (nSPS) is 13.5. The monoisotopic (exact) mass is 259 g/mol. The third kappa shape index (κ3) is 10.0. The molecule has 102 valence electrons. The molecule has 0 aliphatic heterocycles. The number of carbonyl (C=O) groups is 1. The van der Waals surface area contributed by atoms with Gasteiger partial charge in [0.2, 0.25) is 5.91 Å². The zero-order valence-electron chi connectivity index (χ0n) is 9.42. The van der Waals surface area contributed by atoms with Gasteiger partial charge in [-0.2, -0.15) is 13.2 Å². The predicted molar refractivity (Wildman–Crippen MR) is 52.4 cm³/mol. The molecule has 0 heterocycles. The summed E-state index contributed by atoms with van der Waals surface area (Å²) in [5, 5.41) is 11.1. The number of alkyl halides is 3. The van der Waals surface area contributed by atoms with Gasteiger partial charge in [-0.3, -0.25) is 4.79 Å². The molecule has 0 spiro atoms. The van der Waals surface area contributed by atoms with Crippen LogP contribution in [0.4, 0.5) is 13.2 Å². The molecule has 0 aromatic rings. The molecule has 0 fully saturated rings. The first-order valence-electron chi connectivity index (χ1n) is 4.92. The number of rotatable bonds is 8. The van der Waals surface area contributed by atoms with Crippen molar-refractivity contribution in [3.8, 4) is 0 Å². The number of ether oxygens (including phenoxy) is 2. The number of hydrogen-bond acceptors (Lipinski definition) is 4. The van der Waals surface area contributed by atoms with Crippen LogP contribution in [0.1, 0.15) is 6.42 Å². The molecule has 0 aromatic carbocycles. The Hall–Kier alpha value is -0.860. The van der Waals surface area contributed by atoms with E-state index in [4.69, 9.17) is 9.84 Å². The molecule has 0 aliphatic rings. The van der Waals surface area contributed by atoms with E-state index in [1.54, 1.807) is 0 Å². The minimum Gasteiger partial charge on any atom is -0.396 e. The third-order valence-corrected chi connectivity index (χ3v) is 1.71. The number of halogens is 3. The smallest absolute Gasteiger partial charge is 0.396 e. The van der Waals surface area contributed by atoms with Crippen molar-refractivity contribution in [3.05, 3.63) is 0 Å². The van der Waals surface area contributed by atoms with E-state index >= 15 is 0 Å². The van der Waals surface area contributed by atoms with Crippen LogP contribution < -0.4 is 5.32 Å². The van der Waals surface area contributed by atoms with Gasteiger partial charge in [-0.15, -0.1) is 0 Å². The Kier molecular flexibility index (Phi) is 7.85. The molecule has 0 aromatic heterocycles. The summed E-state index contributed by atoms with van der Waals surface area (Å²) >= 11 is 0. The summed E-state index contributed by atoms with van der Waals surface area (Å²) in [7, 11) is 1.41. The second-order valence-corrected chi connectivity index (χ2v) is 3.34. The summed E-state index contributed by atoms with van der Waals surface area (Å²) in [5.74, 6) is -0.676. The van der Waals surface area contributed by atoms with Crippen molar-refractivity contribution in [3.63, 3.8) is 0 Å². The lowest BCUT2D eigenvalue weighted by atomic mass is 10.2. The van der Waals surface area contributed by atoms with E-state index in [2.05, 4.69) is 10.1 Å². The van der Waals surface area contributed by atoms with Gasteiger partial charge in [-0.25, -0.2) is 0 Å². The van der Waals surface area contributed by atoms with Crippen LogP contribution in [-0.4, -0.2) is 56.8 Å². The molecule has 5 nitrogen and oxygen atoms in total. The van der Waals surface area contributed by atoms with Gasteiger partial charge in [-0.05, 0) is 6.42 Å². The van der Waals surface area contributed by atoms with E-state index in [-0.39, 0.29) is 19.6 Å². The minimum atomic E-state index is -4.45. The fraction of sp³-hybridized carbons (Fsp3) is 0.889. The average molecular weight is 259 g/mol. The first-order chi connectivity index (χ1) is 7.89. The van der Waals surface area contributed by atoms with Crippen molar-refractivity contribution in [2.24, 2.45) is 0 Å². The standard InChI is InChI=1S/C9H16F3NO4/c1-16-4-7(2-3-14)13-8(15)5-17-6-9(10,11)12/h7,14H,2-6H2,1H3,(H,13,15). The number of carbonyl (C=O) groups excluding carboxylic acids is 1. The summed E-state index contributed by atoms with van der Waals surface area (Å²) in [6.45, 7) is -2.12. The summed E-state index contributed by atoms with van der Waals surface area (Å²) in [6.07, 6.45) is -4.18. The summed E-state index contributed by atoms with van der Waals surface area (Å²) in [4.78, 5) is 11.1. The van der Waals surface area contributed by atoms with Gasteiger partial charge in [0, 0.05) is 13.7 Å². The third-order valence-electron chi connectivity index (χ3n) is 1.71. The summed E-state index contributed by atoms with van der Waals surface area (Å²) in [5.41, 5.74) is 0. The number of aliphatic hydroxyl groups excluding tert-OH is 1. The number of nitrogens with one attached hydrogen (secondary N) is 1. The van der Waals surface area contributed by atoms with Crippen LogP contribution in [0.5, 0.6) is 0 Å². The highest BCUT2D eigenvalue weighted by Crippen LogP contribution is 2.14. The van der Waals surface area contributed by atoms with Crippen molar-refractivity contribution in [2.75, 3.05) is 33.5 Å². The van der Waals surface area contributed by atoms with Gasteiger partial charge in [0.25, 0.3) is 0 Å². The van der Waals surface area contributed by atoms with Crippen molar-refractivity contribution < 1.29 is 32.5 Å². The quantitative estimate of drug-likeness (QED) is 0.647. The fourth-order valence-electron chi connectivity index (χ4n) is 1.08. The predicted octanol–water partition coefficient (Wildman–Crippen LogP) is 0.0789. The highest BCUT2D eigenvalue weighted by Gasteiger charge is 2.27. The summed E-state index contributed by atoms with van der Waals surface area (Å²) < 4.78 is 44.0. The van der Waals surface area contributed by atoms with Gasteiger partial charge in [-0.1, -0.05) is 0 Å². The SMILES string of the molecule is COCC(CCO)NC(=O)COCC(F)(F)F. The number of hydrogen-bond donors (Lipinski definition) is 2. The lowest BCUT2D eigenvalue weighted by molar-refractivity contribution is -0.175. The minimum absolute atomic E-state index is 0.155. The molecular weight excluding hydrogens is 243 g/mol. The molecule has 8 heteroatoms. The number of aliphatic hydroxyl groups is 1. The Balaban J connectivity index is 3.81. The first-order valence-corrected chi connectivity index (χ1v) is 4.92. The van der Waals surface area contributed by atoms with Crippen LogP contribution in [0.15, 0.2) is 0 Å². The lowest BCUT2D eigenvalue weighted by Crippen LogP contribution is -2.41. The summed E-state index contributed by atoms with van der Waals surface area (Å²) in [6, 6.07) is -0.438. The van der Waals surface area contributed by atoms with Crippen LogP contribution in [0, 0.1) is 0 Å². The zero-order chi connectivity index (χ0) is 13.3. The van der Waals surface area contributed by atoms with Crippen LogP contribution in [0.25, 0.3) is 0 Å². The van der Waals surface area contributed by atoms with Crippen molar-refractivity contribution in [1.82, 2.24) is 5.32 Å². The number of amides is 1. The Morgan fingerprint density at radius 3 is 2.59 bits per heavy atom. The van der Waals surface area contributed by atoms with Gasteiger partial charge >= 0.3 is 6.18 Å². The van der Waals surface area contributed by atoms with E-state index in [1.165, 1.54) is 7.11 Å². The van der Waals surface area contributed by atoms with E-state index in [0.717, 1.165) is 0 Å². The molecule has 1 amide bonds. The maximum absolute atomic E-state index is 11.7. The second kappa shape index (κ2) is 8.26. The lowest BCUT2D eigenvalue weighted by Gasteiger charge is -2.16. The van der Waals surface area contributed by atoms with Crippen LogP contribution in [0.3, 0.4) is 0 Å². The van der Waals surface area contributed by atoms with Crippen molar-refractivity contribution in [1.29, 1.82) is 0 Å². The maximum atomic E-state index is 11.7. The molecule has 0 radical (unpaired) electrons. The Morgan fingerprint density at radius 1 is 1.47 bits per heavy atom. The molecular formula is C9H16F3NO4. The highest BCUT2D eigenvalue weighted by molar-refractivity contribution is 5.77. The van der Waals surface area contributed by atoms with Gasteiger partial charge in [0.15, 0.2) is 0 Å². The van der Waals surface area contributed by atoms with Crippen LogP contribution in [-0.2, 0) is 14.3 Å². The second-order valence-electron chi connectivity index (χ2n) is 3.34. The molecule has 0 rings (SSSR count). The van der Waals surface area contributed by atoms with Crippen molar-refractivity contribution >= 4 is 5.91 Å². The number of methoxy groups -OCH3 is 1. The molecule has 2 N–H and O–H groups in total. The van der Waals surface area contributed by atoms with Crippen molar-refractivity contribution in [2.45, 2.75) is 18.6 Å². The van der Waals surface area contributed by atoms with Crippen LogP contribution >= 0.6 is 0 Å². The topological polar surface area (TPSA) is 67.8 Å². The molecule has 17 heavy (non-hydrogen) atoms. The van der Waals surface area contributed by atoms with Crippen LogP contribution in [0.2, 0.25) is 0 Å². The molecule has 1 unspecified atom stereocenters. The van der Waals surface area contributed by atoms with Gasteiger partial charge in [0.05, 0.1) is 12.6 Å². The zero-order valence-corrected chi connectivity index (χ0v) is 9.42. The largest absolute Gasteiger partial charge is 0.411 e. The van der Waals surface area contributed by atoms with E-state index in [0.29, 0.717) is 0 Å². The Labute approximate surface area is 96.9 Å². The first kappa shape index (κ1) is 16.1. The Bertz CT molecular complexity index is 217. The average Bonchev–Trinajstić information content (AvgIpc) is 2.16. The molecule has 0 aliphatic carbocycles. The van der Waals surface area contributed by atoms with Gasteiger partial charge in [0.1, 0.15) is 13.2 Å². The molecule has 1 atom stereocenters. The van der Waals surface area contributed by atoms with E-state index in [1.807, 2.05) is 0 Å². The highest BCUT2D eigenvalue weighted by atomic mass is 19.4.